The van der Waals surface area contributed by atoms with Crippen molar-refractivity contribution in [1.82, 2.24) is 15.3 Å². The molecule has 1 aliphatic rings. The van der Waals surface area contributed by atoms with Gasteiger partial charge in [-0.3, -0.25) is 4.79 Å². The molecule has 22 heavy (non-hydrogen) atoms. The van der Waals surface area contributed by atoms with Crippen molar-refractivity contribution in [3.05, 3.63) is 71.8 Å². The van der Waals surface area contributed by atoms with Crippen LogP contribution in [-0.4, -0.2) is 28.4 Å². The molecule has 0 atom stereocenters. The third-order valence-corrected chi connectivity index (χ3v) is 3.54. The first kappa shape index (κ1) is 14.1. The van der Waals surface area contributed by atoms with Crippen LogP contribution in [0.3, 0.4) is 0 Å². The van der Waals surface area contributed by atoms with Crippen LogP contribution in [0, 0.1) is 0 Å². The molecule has 1 heterocycles. The highest BCUT2D eigenvalue weighted by Crippen LogP contribution is 2.11. The lowest BCUT2D eigenvalue weighted by Gasteiger charge is -2.34. The van der Waals surface area contributed by atoms with E-state index >= 15 is 0 Å². The van der Waals surface area contributed by atoms with Gasteiger partial charge in [0.15, 0.2) is 0 Å². The number of hydrogen-bond acceptors (Lipinski definition) is 2. The molecule has 0 unspecified atom stereocenters. The van der Waals surface area contributed by atoms with Crippen molar-refractivity contribution >= 4 is 11.9 Å². The van der Waals surface area contributed by atoms with Crippen LogP contribution < -0.4 is 5.43 Å². The van der Waals surface area contributed by atoms with Gasteiger partial charge < -0.3 is 4.90 Å². The number of nitrogens with zero attached hydrogens (tertiary/aromatic N) is 2. The fourth-order valence-electron chi connectivity index (χ4n) is 2.39. The number of rotatable bonds is 4. The van der Waals surface area contributed by atoms with Gasteiger partial charge in [0.05, 0.1) is 6.54 Å². The molecule has 2 aromatic carbocycles. The lowest BCUT2D eigenvalue weighted by molar-refractivity contribution is -0.137. The molecule has 0 aromatic heterocycles. The number of hydrogen-bond donors (Lipinski definition) is 1. The monoisotopic (exact) mass is 295 g/mol. The van der Waals surface area contributed by atoms with Crippen molar-refractivity contribution in [2.24, 2.45) is 0 Å². The second-order valence-electron chi connectivity index (χ2n) is 5.22. The Kier molecular flexibility index (Phi) is 4.05. The van der Waals surface area contributed by atoms with E-state index in [0.717, 1.165) is 11.1 Å². The molecule has 5 nitrogen and oxygen atoms in total. The van der Waals surface area contributed by atoms with Gasteiger partial charge in [-0.2, -0.15) is 0 Å². The summed E-state index contributed by atoms with van der Waals surface area (Å²) in [7, 11) is 0. The fourth-order valence-corrected chi connectivity index (χ4v) is 2.39. The van der Waals surface area contributed by atoms with Gasteiger partial charge in [-0.25, -0.2) is 15.2 Å². The second-order valence-corrected chi connectivity index (χ2v) is 5.22. The largest absolute Gasteiger partial charge is 0.337 e. The maximum Gasteiger partial charge on any atom is 0.337 e. The zero-order chi connectivity index (χ0) is 15.4. The molecule has 0 aliphatic carbocycles. The van der Waals surface area contributed by atoms with Gasteiger partial charge in [-0.05, 0) is 11.1 Å². The Morgan fingerprint density at radius 2 is 1.36 bits per heavy atom. The summed E-state index contributed by atoms with van der Waals surface area (Å²) in [5.74, 6) is -0.112. The van der Waals surface area contributed by atoms with Crippen molar-refractivity contribution in [3.8, 4) is 0 Å². The predicted molar refractivity (Wildman–Crippen MR) is 82.4 cm³/mol. The molecule has 5 heteroatoms. The summed E-state index contributed by atoms with van der Waals surface area (Å²) in [6.07, 6.45) is 0. The first-order valence-corrected chi connectivity index (χ1v) is 7.16. The first-order valence-electron chi connectivity index (χ1n) is 7.16. The smallest absolute Gasteiger partial charge is 0.310 e. The van der Waals surface area contributed by atoms with Crippen LogP contribution in [0.15, 0.2) is 60.7 Å². The van der Waals surface area contributed by atoms with Crippen molar-refractivity contribution in [3.63, 3.8) is 0 Å². The number of benzene rings is 2. The number of hydrazine groups is 1. The molecule has 3 amide bonds. The number of nitrogens with one attached hydrogen (secondary N) is 1. The van der Waals surface area contributed by atoms with E-state index in [-0.39, 0.29) is 18.5 Å². The fraction of sp³-hybridized carbons (Fsp3) is 0.176. The summed E-state index contributed by atoms with van der Waals surface area (Å²) in [4.78, 5) is 25.9. The summed E-state index contributed by atoms with van der Waals surface area (Å²) >= 11 is 0. The van der Waals surface area contributed by atoms with Gasteiger partial charge in [0.2, 0.25) is 0 Å². The Labute approximate surface area is 129 Å². The van der Waals surface area contributed by atoms with Gasteiger partial charge in [0.1, 0.15) is 6.54 Å². The van der Waals surface area contributed by atoms with Crippen molar-refractivity contribution in [2.75, 3.05) is 6.54 Å². The topological polar surface area (TPSA) is 52.7 Å². The standard InChI is InChI=1S/C17H17N3O2/c21-16-13-19(11-14-7-3-1-4-8-14)17(22)18-20(16)12-15-9-5-2-6-10-15/h1-10H,11-13H2,(H,18,22). The molecule has 0 radical (unpaired) electrons. The second kappa shape index (κ2) is 6.30. The zero-order valence-corrected chi connectivity index (χ0v) is 12.1. The average Bonchev–Trinajstić information content (AvgIpc) is 2.54. The molecule has 3 rings (SSSR count). The van der Waals surface area contributed by atoms with E-state index in [0.29, 0.717) is 13.1 Å². The summed E-state index contributed by atoms with van der Waals surface area (Å²) in [6.45, 7) is 0.899. The minimum absolute atomic E-state index is 0.0908. The lowest BCUT2D eigenvalue weighted by Crippen LogP contribution is -2.59. The van der Waals surface area contributed by atoms with Gasteiger partial charge in [-0.15, -0.1) is 0 Å². The van der Waals surface area contributed by atoms with E-state index in [1.54, 1.807) is 0 Å². The highest BCUT2D eigenvalue weighted by molar-refractivity contribution is 5.89. The molecular formula is C17H17N3O2. The zero-order valence-electron chi connectivity index (χ0n) is 12.1. The van der Waals surface area contributed by atoms with Crippen LogP contribution in [0.4, 0.5) is 4.79 Å². The maximum atomic E-state index is 12.2. The van der Waals surface area contributed by atoms with E-state index in [4.69, 9.17) is 0 Å². The van der Waals surface area contributed by atoms with Crippen LogP contribution >= 0.6 is 0 Å². The molecule has 0 saturated carbocycles. The molecule has 1 aliphatic heterocycles. The summed E-state index contributed by atoms with van der Waals surface area (Å²) in [5, 5.41) is 1.37. The van der Waals surface area contributed by atoms with Crippen LogP contribution in [0.2, 0.25) is 0 Å². The van der Waals surface area contributed by atoms with E-state index in [1.807, 2.05) is 60.7 Å². The van der Waals surface area contributed by atoms with Gasteiger partial charge in [0, 0.05) is 6.54 Å². The minimum atomic E-state index is -0.251. The van der Waals surface area contributed by atoms with Gasteiger partial charge in [0.25, 0.3) is 5.91 Å². The molecule has 1 N–H and O–H groups in total. The van der Waals surface area contributed by atoms with E-state index in [9.17, 15) is 9.59 Å². The molecule has 0 spiro atoms. The van der Waals surface area contributed by atoms with Gasteiger partial charge in [-0.1, -0.05) is 60.7 Å². The lowest BCUT2D eigenvalue weighted by atomic mass is 10.2. The molecule has 112 valence electrons. The van der Waals surface area contributed by atoms with Crippen molar-refractivity contribution < 1.29 is 9.59 Å². The SMILES string of the molecule is O=C1NN(Cc2ccccc2)C(=O)CN1Cc1ccccc1. The van der Waals surface area contributed by atoms with Crippen LogP contribution in [0.25, 0.3) is 0 Å². The first-order chi connectivity index (χ1) is 10.7. The highest BCUT2D eigenvalue weighted by atomic mass is 16.2. The third-order valence-electron chi connectivity index (χ3n) is 3.54. The van der Waals surface area contributed by atoms with Crippen LogP contribution in [0.1, 0.15) is 11.1 Å². The average molecular weight is 295 g/mol. The maximum absolute atomic E-state index is 12.2. The van der Waals surface area contributed by atoms with E-state index in [1.165, 1.54) is 9.91 Å². The number of urea groups is 1. The summed E-state index contributed by atoms with van der Waals surface area (Å²) in [6, 6.07) is 19.0. The van der Waals surface area contributed by atoms with Crippen molar-refractivity contribution in [2.45, 2.75) is 13.1 Å². The molecule has 1 fully saturated rings. The van der Waals surface area contributed by atoms with E-state index in [2.05, 4.69) is 5.43 Å². The molecular weight excluding hydrogens is 278 g/mol. The Hall–Kier alpha value is -2.82. The highest BCUT2D eigenvalue weighted by Gasteiger charge is 2.29. The molecule has 0 bridgehead atoms. The van der Waals surface area contributed by atoms with Crippen LogP contribution in [-0.2, 0) is 17.9 Å². The Bertz CT molecular complexity index is 599. The Morgan fingerprint density at radius 1 is 0.818 bits per heavy atom. The van der Waals surface area contributed by atoms with Crippen LogP contribution in [0.5, 0.6) is 0 Å². The van der Waals surface area contributed by atoms with Crippen molar-refractivity contribution in [1.29, 1.82) is 0 Å². The number of carbonyl (C=O) groups is 2. The quantitative estimate of drug-likeness (QED) is 0.939. The van der Waals surface area contributed by atoms with Gasteiger partial charge >= 0.3 is 6.03 Å². The number of carbonyl (C=O) groups excluding carboxylic acids is 2. The normalized spacial score (nSPS) is 14.9. The Balaban J connectivity index is 1.64. The third kappa shape index (κ3) is 3.25. The molecule has 1 saturated heterocycles. The van der Waals surface area contributed by atoms with E-state index < -0.39 is 0 Å². The predicted octanol–water partition coefficient (Wildman–Crippen LogP) is 2.16. The minimum Gasteiger partial charge on any atom is -0.310 e. The Morgan fingerprint density at radius 3 is 1.95 bits per heavy atom. The molecule has 2 aromatic rings. The summed E-state index contributed by atoms with van der Waals surface area (Å²) < 4.78 is 0. The number of amides is 3. The summed E-state index contributed by atoms with van der Waals surface area (Å²) in [5.41, 5.74) is 4.64.